The van der Waals surface area contributed by atoms with Crippen LogP contribution in [0.5, 0.6) is 5.75 Å². The van der Waals surface area contributed by atoms with Gasteiger partial charge < -0.3 is 15.3 Å². The number of benzene rings is 1. The Kier molecular flexibility index (Phi) is 7.03. The summed E-state index contributed by atoms with van der Waals surface area (Å²) >= 11 is 0. The van der Waals surface area contributed by atoms with E-state index in [1.807, 2.05) is 13.0 Å². The highest BCUT2D eigenvalue weighted by atomic mass is 16.6. The molecule has 0 saturated heterocycles. The van der Waals surface area contributed by atoms with Crippen molar-refractivity contribution in [3.05, 3.63) is 23.8 Å². The van der Waals surface area contributed by atoms with Crippen LogP contribution in [-0.2, 0) is 9.63 Å². The number of phenols is 1. The van der Waals surface area contributed by atoms with Crippen molar-refractivity contribution in [2.45, 2.75) is 6.92 Å². The summed E-state index contributed by atoms with van der Waals surface area (Å²) in [4.78, 5) is 14.1. The highest BCUT2D eigenvalue weighted by molar-refractivity contribution is 5.75. The monoisotopic (exact) mass is 222 g/mol. The van der Waals surface area contributed by atoms with Crippen molar-refractivity contribution >= 4 is 12.1 Å². The van der Waals surface area contributed by atoms with Crippen LogP contribution in [0.2, 0.25) is 0 Å². The van der Waals surface area contributed by atoms with E-state index in [0.717, 1.165) is 5.56 Å². The number of phenolic OH excluding ortho intramolecular Hbond substituents is 1. The van der Waals surface area contributed by atoms with Crippen LogP contribution in [0.15, 0.2) is 18.2 Å². The third kappa shape index (κ3) is 5.52. The summed E-state index contributed by atoms with van der Waals surface area (Å²) in [7, 11) is 1.60. The molecule has 0 aliphatic carbocycles. The van der Waals surface area contributed by atoms with Crippen molar-refractivity contribution < 1.29 is 14.7 Å². The van der Waals surface area contributed by atoms with Crippen molar-refractivity contribution in [2.24, 2.45) is 0 Å². The van der Waals surface area contributed by atoms with E-state index in [2.05, 4.69) is 22.1 Å². The molecular formula is C11H14N2O3. The summed E-state index contributed by atoms with van der Waals surface area (Å²) in [5, 5.41) is 11.5. The standard InChI is InChI=1S/C8H9NO2.C3H5NO/c1-6-2-3-8(11)7(4-6)9-5-10;1-3-5-4-2/h2-5,11H,1H3,(H,9,10);1,4H,2H3. The largest absolute Gasteiger partial charge is 0.506 e. The quantitative estimate of drug-likeness (QED) is 0.309. The summed E-state index contributed by atoms with van der Waals surface area (Å²) in [5.74, 6) is 0.0858. The molecule has 5 nitrogen and oxygen atoms in total. The molecule has 0 unspecified atom stereocenters. The molecule has 0 heterocycles. The maximum Gasteiger partial charge on any atom is 0.211 e. The topological polar surface area (TPSA) is 70.6 Å². The van der Waals surface area contributed by atoms with Gasteiger partial charge in [-0.1, -0.05) is 12.5 Å². The summed E-state index contributed by atoms with van der Waals surface area (Å²) in [5.41, 5.74) is 3.72. The summed E-state index contributed by atoms with van der Waals surface area (Å²) in [6.45, 7) is 1.88. The third-order valence-corrected chi connectivity index (χ3v) is 1.53. The number of aromatic hydroxyl groups is 1. The highest BCUT2D eigenvalue weighted by Gasteiger charge is 1.97. The lowest BCUT2D eigenvalue weighted by Gasteiger charge is -2.02. The number of hydrogen-bond donors (Lipinski definition) is 3. The van der Waals surface area contributed by atoms with Gasteiger partial charge in [0, 0.05) is 7.05 Å². The van der Waals surface area contributed by atoms with Crippen LogP contribution in [0.25, 0.3) is 0 Å². The van der Waals surface area contributed by atoms with E-state index in [0.29, 0.717) is 12.1 Å². The molecule has 16 heavy (non-hydrogen) atoms. The molecule has 0 aromatic heterocycles. The number of nitrogens with one attached hydrogen (secondary N) is 2. The molecule has 5 heteroatoms. The van der Waals surface area contributed by atoms with Crippen LogP contribution in [0.4, 0.5) is 5.69 Å². The van der Waals surface area contributed by atoms with E-state index in [1.165, 1.54) is 0 Å². The maximum absolute atomic E-state index is 10.0. The van der Waals surface area contributed by atoms with Crippen LogP contribution in [0, 0.1) is 19.5 Å². The van der Waals surface area contributed by atoms with Crippen molar-refractivity contribution in [2.75, 3.05) is 12.4 Å². The lowest BCUT2D eigenvalue weighted by molar-refractivity contribution is -0.105. The Hall–Kier alpha value is -2.19. The van der Waals surface area contributed by atoms with Gasteiger partial charge in [-0.15, -0.1) is 5.48 Å². The highest BCUT2D eigenvalue weighted by Crippen LogP contribution is 2.22. The Labute approximate surface area is 94.4 Å². The average Bonchev–Trinajstić information content (AvgIpc) is 2.26. The molecule has 1 aromatic carbocycles. The molecular weight excluding hydrogens is 208 g/mol. The van der Waals surface area contributed by atoms with E-state index in [4.69, 9.17) is 5.11 Å². The van der Waals surface area contributed by atoms with Gasteiger partial charge in [0.05, 0.1) is 5.69 Å². The van der Waals surface area contributed by atoms with Gasteiger partial charge in [0.1, 0.15) is 11.9 Å². The summed E-state index contributed by atoms with van der Waals surface area (Å²) < 4.78 is 0. The average molecular weight is 222 g/mol. The van der Waals surface area contributed by atoms with E-state index in [1.54, 1.807) is 25.2 Å². The Morgan fingerprint density at radius 3 is 2.69 bits per heavy atom. The van der Waals surface area contributed by atoms with Gasteiger partial charge in [0.2, 0.25) is 6.41 Å². The van der Waals surface area contributed by atoms with E-state index in [-0.39, 0.29) is 5.75 Å². The smallest absolute Gasteiger partial charge is 0.211 e. The van der Waals surface area contributed by atoms with Gasteiger partial charge in [0.25, 0.3) is 0 Å². The first-order valence-corrected chi connectivity index (χ1v) is 4.43. The molecule has 0 atom stereocenters. The Bertz CT molecular complexity index is 372. The zero-order valence-corrected chi connectivity index (χ0v) is 9.15. The molecule has 0 spiro atoms. The lowest BCUT2D eigenvalue weighted by atomic mass is 10.2. The molecule has 0 bridgehead atoms. The minimum absolute atomic E-state index is 0.0858. The number of hydroxylamine groups is 1. The SMILES string of the molecule is C#CONC.Cc1ccc(O)c(NC=O)c1. The van der Waals surface area contributed by atoms with Gasteiger partial charge in [-0.05, 0) is 24.6 Å². The number of aryl methyl sites for hydroxylation is 1. The molecule has 1 aromatic rings. The zero-order chi connectivity index (χ0) is 12.4. The molecule has 0 fully saturated rings. The Balaban J connectivity index is 0.000000385. The molecule has 0 radical (unpaired) electrons. The first-order chi connectivity index (χ1) is 7.65. The van der Waals surface area contributed by atoms with Crippen molar-refractivity contribution in [1.82, 2.24) is 5.48 Å². The van der Waals surface area contributed by atoms with E-state index in [9.17, 15) is 4.79 Å². The van der Waals surface area contributed by atoms with Crippen LogP contribution >= 0.6 is 0 Å². The van der Waals surface area contributed by atoms with Crippen molar-refractivity contribution in [3.63, 3.8) is 0 Å². The fraction of sp³-hybridized carbons (Fsp3) is 0.182. The van der Waals surface area contributed by atoms with E-state index >= 15 is 0 Å². The van der Waals surface area contributed by atoms with Gasteiger partial charge in [-0.2, -0.15) is 0 Å². The first-order valence-electron chi connectivity index (χ1n) is 4.43. The summed E-state index contributed by atoms with van der Waals surface area (Å²) in [6.07, 6.45) is 7.05. The molecule has 86 valence electrons. The zero-order valence-electron chi connectivity index (χ0n) is 9.15. The number of terminal acetylenes is 1. The number of hydrogen-bond acceptors (Lipinski definition) is 4. The van der Waals surface area contributed by atoms with Gasteiger partial charge in [-0.25, -0.2) is 0 Å². The van der Waals surface area contributed by atoms with Crippen LogP contribution in [0.1, 0.15) is 5.56 Å². The maximum atomic E-state index is 10.0. The number of amides is 1. The minimum Gasteiger partial charge on any atom is -0.506 e. The fourth-order valence-corrected chi connectivity index (χ4v) is 0.888. The molecule has 0 aliphatic rings. The van der Waals surface area contributed by atoms with Crippen LogP contribution in [-0.4, -0.2) is 18.6 Å². The molecule has 1 rings (SSSR count). The fourth-order valence-electron chi connectivity index (χ4n) is 0.888. The normalized spacial score (nSPS) is 8.06. The third-order valence-electron chi connectivity index (χ3n) is 1.53. The molecule has 1 amide bonds. The van der Waals surface area contributed by atoms with Gasteiger partial charge in [0.15, 0.2) is 0 Å². The molecule has 3 N–H and O–H groups in total. The summed E-state index contributed by atoms with van der Waals surface area (Å²) in [6, 6.07) is 5.01. The number of anilines is 1. The minimum atomic E-state index is 0.0858. The number of carbonyl (C=O) groups excluding carboxylic acids is 1. The Morgan fingerprint density at radius 1 is 1.56 bits per heavy atom. The Morgan fingerprint density at radius 2 is 2.25 bits per heavy atom. The van der Waals surface area contributed by atoms with Crippen molar-refractivity contribution in [3.8, 4) is 18.3 Å². The second-order valence-electron chi connectivity index (χ2n) is 2.71. The van der Waals surface area contributed by atoms with Gasteiger partial charge in [-0.3, -0.25) is 4.79 Å². The predicted octanol–water partition coefficient (Wildman–Crippen LogP) is 0.997. The van der Waals surface area contributed by atoms with E-state index < -0.39 is 0 Å². The van der Waals surface area contributed by atoms with Gasteiger partial charge >= 0.3 is 0 Å². The van der Waals surface area contributed by atoms with Crippen LogP contribution in [0.3, 0.4) is 0 Å². The number of carbonyl (C=O) groups is 1. The lowest BCUT2D eigenvalue weighted by Crippen LogP contribution is -1.99. The van der Waals surface area contributed by atoms with Crippen LogP contribution < -0.4 is 10.8 Å². The molecule has 0 aliphatic heterocycles. The first kappa shape index (κ1) is 13.8. The molecule has 0 saturated carbocycles. The second-order valence-corrected chi connectivity index (χ2v) is 2.71. The van der Waals surface area contributed by atoms with Crippen molar-refractivity contribution in [1.29, 1.82) is 0 Å². The second kappa shape index (κ2) is 8.15. The predicted molar refractivity (Wildman–Crippen MR) is 61.5 cm³/mol. The number of rotatable bonds is 3.